The molecule has 0 aromatic carbocycles. The van der Waals surface area contributed by atoms with E-state index in [9.17, 15) is 9.59 Å². The first-order chi connectivity index (χ1) is 9.66. The van der Waals surface area contributed by atoms with Crippen LogP contribution < -0.4 is 5.32 Å². The summed E-state index contributed by atoms with van der Waals surface area (Å²) in [6.45, 7) is 0.241. The molecule has 1 amide bonds. The van der Waals surface area contributed by atoms with Crippen LogP contribution in [0.25, 0.3) is 6.08 Å². The first-order valence-electron chi connectivity index (χ1n) is 5.79. The molecule has 7 nitrogen and oxygen atoms in total. The molecule has 0 radical (unpaired) electrons. The molecule has 0 saturated heterocycles. The summed E-state index contributed by atoms with van der Waals surface area (Å²) in [7, 11) is 0. The number of hydrogen-bond acceptors (Lipinski definition) is 4. The first kappa shape index (κ1) is 13.5. The van der Waals surface area contributed by atoms with Gasteiger partial charge in [0.25, 0.3) is 5.91 Å². The Hall–Kier alpha value is -2.96. The first-order valence-corrected chi connectivity index (χ1v) is 5.79. The summed E-state index contributed by atoms with van der Waals surface area (Å²) in [5.74, 6) is -0.861. The highest BCUT2D eigenvalue weighted by molar-refractivity contribution is 5.97. The smallest absolute Gasteiger partial charge is 0.328 e. The Bertz CT molecular complexity index is 635. The molecule has 0 spiro atoms. The molecule has 0 aliphatic rings. The number of rotatable bonds is 5. The normalized spacial score (nSPS) is 10.6. The summed E-state index contributed by atoms with van der Waals surface area (Å²) in [6, 6.07) is 3.25. The predicted octanol–water partition coefficient (Wildman–Crippen LogP) is 0.832. The second kappa shape index (κ2) is 6.28. The van der Waals surface area contributed by atoms with Crippen molar-refractivity contribution in [2.45, 2.75) is 6.54 Å². The highest BCUT2D eigenvalue weighted by atomic mass is 16.4. The molecular formula is C13H12N4O3. The topological polar surface area (TPSA) is 108 Å². The zero-order valence-electron chi connectivity index (χ0n) is 10.4. The van der Waals surface area contributed by atoms with E-state index in [1.54, 1.807) is 24.5 Å². The maximum atomic E-state index is 12.0. The number of H-pyrrole nitrogens is 1. The average Bonchev–Trinajstić information content (AvgIpc) is 2.96. The van der Waals surface area contributed by atoms with Crippen molar-refractivity contribution in [3.8, 4) is 0 Å². The van der Waals surface area contributed by atoms with Crippen LogP contribution in [0.15, 0.2) is 36.8 Å². The quantitative estimate of drug-likeness (QED) is 0.699. The molecule has 7 heteroatoms. The average molecular weight is 272 g/mol. The summed E-state index contributed by atoms with van der Waals surface area (Å²) < 4.78 is 0. The Kier molecular flexibility index (Phi) is 4.23. The number of imidazole rings is 1. The van der Waals surface area contributed by atoms with Gasteiger partial charge in [0.15, 0.2) is 0 Å². The van der Waals surface area contributed by atoms with Crippen LogP contribution in [0.2, 0.25) is 0 Å². The molecule has 102 valence electrons. The van der Waals surface area contributed by atoms with E-state index in [1.165, 1.54) is 12.3 Å². The number of aliphatic carboxylic acids is 1. The van der Waals surface area contributed by atoms with Crippen LogP contribution in [0.1, 0.15) is 21.9 Å². The molecule has 0 bridgehead atoms. The van der Waals surface area contributed by atoms with E-state index in [4.69, 9.17) is 5.11 Å². The number of carbonyl (C=O) groups excluding carboxylic acids is 1. The van der Waals surface area contributed by atoms with E-state index >= 15 is 0 Å². The van der Waals surface area contributed by atoms with Crippen LogP contribution >= 0.6 is 0 Å². The second-order valence-electron chi connectivity index (χ2n) is 3.83. The van der Waals surface area contributed by atoms with Crippen molar-refractivity contribution in [1.82, 2.24) is 20.3 Å². The van der Waals surface area contributed by atoms with E-state index in [2.05, 4.69) is 20.3 Å². The lowest BCUT2D eigenvalue weighted by Crippen LogP contribution is -2.25. The standard InChI is InChI=1S/C13H12N4O3/c18-11(19)4-3-9-2-1-5-16-12(9)13(20)17-8-10-14-6-7-15-10/h1-7H,8H2,(H,14,15)(H,17,20)(H,18,19)/b4-3+. The number of hydrogen-bond donors (Lipinski definition) is 3. The Morgan fingerprint density at radius 3 is 2.90 bits per heavy atom. The lowest BCUT2D eigenvalue weighted by Gasteiger charge is -2.05. The third-order valence-electron chi connectivity index (χ3n) is 2.43. The van der Waals surface area contributed by atoms with E-state index < -0.39 is 11.9 Å². The van der Waals surface area contributed by atoms with Crippen molar-refractivity contribution >= 4 is 18.0 Å². The monoisotopic (exact) mass is 272 g/mol. The molecule has 2 aromatic heterocycles. The molecule has 0 fully saturated rings. The van der Waals surface area contributed by atoms with Gasteiger partial charge in [-0.1, -0.05) is 6.07 Å². The van der Waals surface area contributed by atoms with Gasteiger partial charge in [0.2, 0.25) is 0 Å². The predicted molar refractivity (Wildman–Crippen MR) is 70.7 cm³/mol. The van der Waals surface area contributed by atoms with E-state index in [0.29, 0.717) is 11.4 Å². The maximum Gasteiger partial charge on any atom is 0.328 e. The summed E-state index contributed by atoms with van der Waals surface area (Å²) in [6.07, 6.45) is 7.00. The van der Waals surface area contributed by atoms with E-state index in [0.717, 1.165) is 6.08 Å². The van der Waals surface area contributed by atoms with Crippen LogP contribution in [0.5, 0.6) is 0 Å². The van der Waals surface area contributed by atoms with Gasteiger partial charge in [-0.15, -0.1) is 0 Å². The number of nitrogens with zero attached hydrogens (tertiary/aromatic N) is 2. The van der Waals surface area contributed by atoms with Crippen LogP contribution in [0.4, 0.5) is 0 Å². The molecule has 0 saturated carbocycles. The van der Waals surface area contributed by atoms with Gasteiger partial charge in [0, 0.05) is 30.2 Å². The zero-order valence-corrected chi connectivity index (χ0v) is 10.4. The molecule has 0 aliphatic carbocycles. The second-order valence-corrected chi connectivity index (χ2v) is 3.83. The SMILES string of the molecule is O=C(O)/C=C/c1cccnc1C(=O)NCc1ncc[nH]1. The molecule has 2 aromatic rings. The number of carbonyl (C=O) groups is 2. The van der Waals surface area contributed by atoms with Gasteiger partial charge in [-0.3, -0.25) is 9.78 Å². The molecule has 3 N–H and O–H groups in total. The molecule has 0 aliphatic heterocycles. The molecule has 2 heterocycles. The van der Waals surface area contributed by atoms with E-state index in [-0.39, 0.29) is 12.2 Å². The number of nitrogens with one attached hydrogen (secondary N) is 2. The number of amides is 1. The molecule has 0 unspecified atom stereocenters. The summed E-state index contributed by atoms with van der Waals surface area (Å²) in [5.41, 5.74) is 0.600. The van der Waals surface area contributed by atoms with Crippen LogP contribution in [0, 0.1) is 0 Å². The molecule has 0 atom stereocenters. The van der Waals surface area contributed by atoms with Crippen molar-refractivity contribution < 1.29 is 14.7 Å². The van der Waals surface area contributed by atoms with Crippen molar-refractivity contribution in [2.24, 2.45) is 0 Å². The van der Waals surface area contributed by atoms with Crippen molar-refractivity contribution in [2.75, 3.05) is 0 Å². The lowest BCUT2D eigenvalue weighted by molar-refractivity contribution is -0.131. The fourth-order valence-corrected chi connectivity index (χ4v) is 1.55. The number of carboxylic acid groups (broad SMARTS) is 1. The van der Waals surface area contributed by atoms with Crippen LogP contribution in [-0.4, -0.2) is 31.9 Å². The van der Waals surface area contributed by atoms with Gasteiger partial charge in [-0.2, -0.15) is 0 Å². The third-order valence-corrected chi connectivity index (χ3v) is 2.43. The minimum absolute atomic E-state index is 0.163. The summed E-state index contributed by atoms with van der Waals surface area (Å²) >= 11 is 0. The number of aromatic amines is 1. The van der Waals surface area contributed by atoms with Gasteiger partial charge in [-0.05, 0) is 12.1 Å². The van der Waals surface area contributed by atoms with Gasteiger partial charge in [0.1, 0.15) is 11.5 Å². The highest BCUT2D eigenvalue weighted by Crippen LogP contribution is 2.08. The summed E-state index contributed by atoms with van der Waals surface area (Å²) in [4.78, 5) is 33.3. The van der Waals surface area contributed by atoms with Gasteiger partial charge in [-0.25, -0.2) is 9.78 Å². The van der Waals surface area contributed by atoms with Crippen LogP contribution in [-0.2, 0) is 11.3 Å². The fourth-order valence-electron chi connectivity index (χ4n) is 1.55. The van der Waals surface area contributed by atoms with Gasteiger partial charge in [0.05, 0.1) is 6.54 Å². The van der Waals surface area contributed by atoms with Crippen molar-refractivity contribution in [1.29, 1.82) is 0 Å². The lowest BCUT2D eigenvalue weighted by atomic mass is 10.1. The molecular weight excluding hydrogens is 260 g/mol. The zero-order chi connectivity index (χ0) is 14.4. The Labute approximate surface area is 114 Å². The van der Waals surface area contributed by atoms with Crippen LogP contribution in [0.3, 0.4) is 0 Å². The summed E-state index contributed by atoms with van der Waals surface area (Å²) in [5, 5.41) is 11.3. The molecule has 2 rings (SSSR count). The van der Waals surface area contributed by atoms with E-state index in [1.807, 2.05) is 0 Å². The fraction of sp³-hybridized carbons (Fsp3) is 0.0769. The van der Waals surface area contributed by atoms with Crippen molar-refractivity contribution in [3.63, 3.8) is 0 Å². The van der Waals surface area contributed by atoms with Gasteiger partial charge < -0.3 is 15.4 Å². The third kappa shape index (κ3) is 3.52. The highest BCUT2D eigenvalue weighted by Gasteiger charge is 2.11. The minimum Gasteiger partial charge on any atom is -0.478 e. The molecule has 20 heavy (non-hydrogen) atoms. The number of carboxylic acids is 1. The van der Waals surface area contributed by atoms with Crippen molar-refractivity contribution in [3.05, 3.63) is 53.9 Å². The maximum absolute atomic E-state index is 12.0. The minimum atomic E-state index is -1.09. The number of pyridine rings is 1. The number of aromatic nitrogens is 3. The Balaban J connectivity index is 2.11. The largest absolute Gasteiger partial charge is 0.478 e. The Morgan fingerprint density at radius 1 is 1.35 bits per heavy atom. The van der Waals surface area contributed by atoms with Gasteiger partial charge >= 0.3 is 5.97 Å². The Morgan fingerprint density at radius 2 is 2.20 bits per heavy atom.